The van der Waals surface area contributed by atoms with E-state index in [2.05, 4.69) is 0 Å². The summed E-state index contributed by atoms with van der Waals surface area (Å²) >= 11 is 0. The maximum absolute atomic E-state index is 13.5. The second kappa shape index (κ2) is 6.81. The molecule has 1 heterocycles. The summed E-state index contributed by atoms with van der Waals surface area (Å²) < 4.78 is 13.5. The van der Waals surface area contributed by atoms with Crippen LogP contribution in [0.2, 0.25) is 0 Å². The second-order valence-corrected chi connectivity index (χ2v) is 5.41. The highest BCUT2D eigenvalue weighted by Crippen LogP contribution is 2.15. The largest absolute Gasteiger partial charge is 0.396 e. The molecule has 1 aliphatic heterocycles. The summed E-state index contributed by atoms with van der Waals surface area (Å²) in [5.41, 5.74) is 0.526. The number of halogens is 1. The van der Waals surface area contributed by atoms with Crippen molar-refractivity contribution in [3.8, 4) is 0 Å². The zero-order valence-electron chi connectivity index (χ0n) is 11.8. The van der Waals surface area contributed by atoms with Crippen molar-refractivity contribution >= 4 is 5.91 Å². The SMILES string of the molecule is CN(Cc1ccccc1F)C(=O)CN1CCC(CO)C1. The molecule has 0 spiro atoms. The van der Waals surface area contributed by atoms with Gasteiger partial charge in [0.2, 0.25) is 5.91 Å². The lowest BCUT2D eigenvalue weighted by Crippen LogP contribution is -2.37. The second-order valence-electron chi connectivity index (χ2n) is 5.41. The van der Waals surface area contributed by atoms with Crippen LogP contribution in [0, 0.1) is 11.7 Å². The first kappa shape index (κ1) is 14.9. The number of rotatable bonds is 5. The van der Waals surface area contributed by atoms with E-state index in [0.717, 1.165) is 19.5 Å². The third-order valence-electron chi connectivity index (χ3n) is 3.78. The first-order chi connectivity index (χ1) is 9.60. The summed E-state index contributed by atoms with van der Waals surface area (Å²) in [5.74, 6) is -0.0276. The fourth-order valence-electron chi connectivity index (χ4n) is 2.49. The van der Waals surface area contributed by atoms with E-state index in [1.807, 2.05) is 4.90 Å². The molecule has 1 aromatic rings. The van der Waals surface area contributed by atoms with Gasteiger partial charge in [0.15, 0.2) is 0 Å². The minimum absolute atomic E-state index is 0.0214. The van der Waals surface area contributed by atoms with Crippen molar-refractivity contribution in [2.24, 2.45) is 5.92 Å². The van der Waals surface area contributed by atoms with Gasteiger partial charge in [-0.3, -0.25) is 9.69 Å². The fourth-order valence-corrected chi connectivity index (χ4v) is 2.49. The molecule has 1 N–H and O–H groups in total. The van der Waals surface area contributed by atoms with E-state index in [-0.39, 0.29) is 30.8 Å². The number of benzene rings is 1. The van der Waals surface area contributed by atoms with Gasteiger partial charge < -0.3 is 10.0 Å². The van der Waals surface area contributed by atoms with E-state index in [4.69, 9.17) is 5.11 Å². The smallest absolute Gasteiger partial charge is 0.236 e. The van der Waals surface area contributed by atoms with Gasteiger partial charge in [-0.05, 0) is 24.9 Å². The summed E-state index contributed by atoms with van der Waals surface area (Å²) in [6.07, 6.45) is 0.931. The zero-order valence-corrected chi connectivity index (χ0v) is 11.8. The number of hydrogen-bond donors (Lipinski definition) is 1. The van der Waals surface area contributed by atoms with E-state index in [9.17, 15) is 9.18 Å². The number of aliphatic hydroxyl groups excluding tert-OH is 1. The predicted molar refractivity (Wildman–Crippen MR) is 74.5 cm³/mol. The van der Waals surface area contributed by atoms with Crippen LogP contribution in [0.25, 0.3) is 0 Å². The average Bonchev–Trinajstić information content (AvgIpc) is 2.89. The van der Waals surface area contributed by atoms with Crippen molar-refractivity contribution < 1.29 is 14.3 Å². The molecule has 0 bridgehead atoms. The Morgan fingerprint density at radius 1 is 1.50 bits per heavy atom. The van der Waals surface area contributed by atoms with Crippen molar-refractivity contribution in [1.29, 1.82) is 0 Å². The molecule has 1 fully saturated rings. The number of carbonyl (C=O) groups is 1. The molecule has 110 valence electrons. The van der Waals surface area contributed by atoms with Crippen LogP contribution in [-0.2, 0) is 11.3 Å². The molecule has 0 aromatic heterocycles. The molecule has 1 saturated heterocycles. The van der Waals surface area contributed by atoms with Gasteiger partial charge in [-0.2, -0.15) is 0 Å². The Balaban J connectivity index is 1.85. The van der Waals surface area contributed by atoms with Crippen LogP contribution >= 0.6 is 0 Å². The molecule has 1 aliphatic rings. The maximum Gasteiger partial charge on any atom is 0.236 e. The van der Waals surface area contributed by atoms with Crippen molar-refractivity contribution in [3.05, 3.63) is 35.6 Å². The monoisotopic (exact) mass is 280 g/mol. The molecular formula is C15H21FN2O2. The predicted octanol–water partition coefficient (Wildman–Crippen LogP) is 1.10. The van der Waals surface area contributed by atoms with Gasteiger partial charge in [0, 0.05) is 32.3 Å². The van der Waals surface area contributed by atoms with Crippen LogP contribution in [0.3, 0.4) is 0 Å². The minimum atomic E-state index is -0.284. The zero-order chi connectivity index (χ0) is 14.5. The van der Waals surface area contributed by atoms with Crippen LogP contribution in [0.1, 0.15) is 12.0 Å². The molecule has 0 saturated carbocycles. The number of nitrogens with zero attached hydrogens (tertiary/aromatic N) is 2. The molecule has 5 heteroatoms. The van der Waals surface area contributed by atoms with E-state index >= 15 is 0 Å². The highest BCUT2D eigenvalue weighted by atomic mass is 19.1. The Morgan fingerprint density at radius 2 is 2.25 bits per heavy atom. The molecule has 1 atom stereocenters. The lowest BCUT2D eigenvalue weighted by Gasteiger charge is -2.21. The van der Waals surface area contributed by atoms with Crippen LogP contribution < -0.4 is 0 Å². The number of amides is 1. The Labute approximate surface area is 118 Å². The highest BCUT2D eigenvalue weighted by Gasteiger charge is 2.24. The van der Waals surface area contributed by atoms with Crippen LogP contribution in [0.5, 0.6) is 0 Å². The number of likely N-dealkylation sites (tertiary alicyclic amines) is 1. The summed E-state index contributed by atoms with van der Waals surface area (Å²) in [6, 6.07) is 6.50. The molecule has 1 amide bonds. The van der Waals surface area contributed by atoms with Gasteiger partial charge >= 0.3 is 0 Å². The van der Waals surface area contributed by atoms with Crippen LogP contribution in [0.15, 0.2) is 24.3 Å². The van der Waals surface area contributed by atoms with Gasteiger partial charge in [0.1, 0.15) is 5.82 Å². The first-order valence-electron chi connectivity index (χ1n) is 6.90. The van der Waals surface area contributed by atoms with E-state index in [0.29, 0.717) is 12.1 Å². The van der Waals surface area contributed by atoms with E-state index in [1.54, 1.807) is 30.1 Å². The molecule has 0 radical (unpaired) electrons. The standard InChI is InChI=1S/C15H21FN2O2/c1-17(9-13-4-2-3-5-14(13)16)15(20)10-18-7-6-12(8-18)11-19/h2-5,12,19H,6-11H2,1H3. The van der Waals surface area contributed by atoms with Crippen molar-refractivity contribution in [1.82, 2.24) is 9.80 Å². The van der Waals surface area contributed by atoms with Gasteiger partial charge in [-0.15, -0.1) is 0 Å². The summed E-state index contributed by atoms with van der Waals surface area (Å²) in [5, 5.41) is 9.09. The molecule has 4 nitrogen and oxygen atoms in total. The third-order valence-corrected chi connectivity index (χ3v) is 3.78. The minimum Gasteiger partial charge on any atom is -0.396 e. The Kier molecular flexibility index (Phi) is 5.09. The molecule has 1 unspecified atom stereocenters. The van der Waals surface area contributed by atoms with E-state index in [1.165, 1.54) is 6.07 Å². The van der Waals surface area contributed by atoms with Crippen molar-refractivity contribution in [2.75, 3.05) is 33.3 Å². The molecule has 1 aromatic carbocycles. The molecule has 2 rings (SSSR count). The Hall–Kier alpha value is -1.46. The highest BCUT2D eigenvalue weighted by molar-refractivity contribution is 5.78. The number of carbonyl (C=O) groups excluding carboxylic acids is 1. The lowest BCUT2D eigenvalue weighted by molar-refractivity contribution is -0.131. The maximum atomic E-state index is 13.5. The van der Waals surface area contributed by atoms with Crippen LogP contribution in [-0.4, -0.2) is 54.1 Å². The molecule has 0 aliphatic carbocycles. The summed E-state index contributed by atoms with van der Waals surface area (Å²) in [6.45, 7) is 2.39. The van der Waals surface area contributed by atoms with Gasteiger partial charge in [-0.1, -0.05) is 18.2 Å². The van der Waals surface area contributed by atoms with Gasteiger partial charge in [-0.25, -0.2) is 4.39 Å². The van der Waals surface area contributed by atoms with Gasteiger partial charge in [0.05, 0.1) is 6.54 Å². The van der Waals surface area contributed by atoms with Gasteiger partial charge in [0.25, 0.3) is 0 Å². The molecule has 20 heavy (non-hydrogen) atoms. The molecular weight excluding hydrogens is 259 g/mol. The number of hydrogen-bond acceptors (Lipinski definition) is 3. The lowest BCUT2D eigenvalue weighted by atomic mass is 10.1. The normalized spacial score (nSPS) is 19.2. The topological polar surface area (TPSA) is 43.8 Å². The average molecular weight is 280 g/mol. The Bertz CT molecular complexity index is 467. The van der Waals surface area contributed by atoms with Crippen molar-refractivity contribution in [2.45, 2.75) is 13.0 Å². The summed E-state index contributed by atoms with van der Waals surface area (Å²) in [7, 11) is 1.69. The fraction of sp³-hybridized carbons (Fsp3) is 0.533. The Morgan fingerprint density at radius 3 is 2.90 bits per heavy atom. The van der Waals surface area contributed by atoms with Crippen molar-refractivity contribution in [3.63, 3.8) is 0 Å². The first-order valence-corrected chi connectivity index (χ1v) is 6.90. The summed E-state index contributed by atoms with van der Waals surface area (Å²) in [4.78, 5) is 15.7. The van der Waals surface area contributed by atoms with Crippen LogP contribution in [0.4, 0.5) is 4.39 Å². The number of likely N-dealkylation sites (N-methyl/N-ethyl adjacent to an activating group) is 1. The number of aliphatic hydroxyl groups is 1. The quantitative estimate of drug-likeness (QED) is 0.878. The van der Waals surface area contributed by atoms with E-state index < -0.39 is 0 Å². The third kappa shape index (κ3) is 3.77.